The highest BCUT2D eigenvalue weighted by molar-refractivity contribution is 5.68. The molecule has 2 aromatic carbocycles. The number of nitrogens with zero attached hydrogens (tertiary/aromatic N) is 2. The molecule has 0 aliphatic heterocycles. The number of hydrogen-bond donors (Lipinski definition) is 3. The molecule has 0 bridgehead atoms. The van der Waals surface area contributed by atoms with Crippen molar-refractivity contribution in [2.24, 2.45) is 5.92 Å². The SMILES string of the molecule is CC(C)(F)c1ccc(-c2cc(Nc3ccc4c(c3)CC(O)C4)nc(NCC3CCCCC3)n2)cc1. The predicted molar refractivity (Wildman–Crippen MR) is 140 cm³/mol. The molecule has 2 aliphatic rings. The van der Waals surface area contributed by atoms with Crippen LogP contribution in [0.5, 0.6) is 0 Å². The van der Waals surface area contributed by atoms with Crippen LogP contribution in [0.15, 0.2) is 48.5 Å². The minimum atomic E-state index is -1.38. The Morgan fingerprint density at radius 1 is 0.943 bits per heavy atom. The van der Waals surface area contributed by atoms with Gasteiger partial charge in [0.25, 0.3) is 0 Å². The second-order valence-electron chi connectivity index (χ2n) is 10.6. The van der Waals surface area contributed by atoms with E-state index < -0.39 is 5.67 Å². The highest BCUT2D eigenvalue weighted by atomic mass is 19.1. The first kappa shape index (κ1) is 23.7. The Balaban J connectivity index is 1.42. The van der Waals surface area contributed by atoms with Crippen molar-refractivity contribution >= 4 is 17.5 Å². The van der Waals surface area contributed by atoms with Gasteiger partial charge in [-0.3, -0.25) is 0 Å². The molecule has 0 amide bonds. The number of fused-ring (bicyclic) bond motifs is 1. The minimum absolute atomic E-state index is 0.293. The van der Waals surface area contributed by atoms with E-state index in [0.717, 1.165) is 23.5 Å². The number of aliphatic hydroxyl groups is 1. The van der Waals surface area contributed by atoms with Crippen LogP contribution in [0.1, 0.15) is 62.6 Å². The van der Waals surface area contributed by atoms with E-state index >= 15 is 0 Å². The molecule has 5 nitrogen and oxygen atoms in total. The average Bonchev–Trinajstić information content (AvgIpc) is 3.22. The lowest BCUT2D eigenvalue weighted by Gasteiger charge is -2.22. The highest BCUT2D eigenvalue weighted by Gasteiger charge is 2.21. The molecule has 1 fully saturated rings. The van der Waals surface area contributed by atoms with E-state index in [4.69, 9.17) is 9.97 Å². The topological polar surface area (TPSA) is 70.1 Å². The van der Waals surface area contributed by atoms with Crippen molar-refractivity contribution in [3.8, 4) is 11.3 Å². The van der Waals surface area contributed by atoms with Gasteiger partial charge in [-0.2, -0.15) is 4.98 Å². The van der Waals surface area contributed by atoms with Crippen LogP contribution in [0.4, 0.5) is 21.8 Å². The number of alkyl halides is 1. The third-order valence-corrected chi connectivity index (χ3v) is 7.26. The number of aliphatic hydroxyl groups excluding tert-OH is 1. The number of anilines is 3. The normalized spacial score (nSPS) is 18.3. The predicted octanol–water partition coefficient (Wildman–Crippen LogP) is 6.54. The molecule has 2 aliphatic carbocycles. The minimum Gasteiger partial charge on any atom is -0.392 e. The average molecular weight is 475 g/mol. The lowest BCUT2D eigenvalue weighted by Crippen LogP contribution is -2.18. The zero-order valence-electron chi connectivity index (χ0n) is 20.6. The van der Waals surface area contributed by atoms with E-state index in [1.54, 1.807) is 13.8 Å². The van der Waals surface area contributed by atoms with Crippen molar-refractivity contribution in [2.45, 2.75) is 70.6 Å². The van der Waals surface area contributed by atoms with Crippen molar-refractivity contribution in [1.82, 2.24) is 9.97 Å². The smallest absolute Gasteiger partial charge is 0.225 e. The molecule has 184 valence electrons. The number of aromatic nitrogens is 2. The fourth-order valence-corrected chi connectivity index (χ4v) is 5.22. The van der Waals surface area contributed by atoms with E-state index in [2.05, 4.69) is 22.8 Å². The Hall–Kier alpha value is -2.99. The molecule has 5 rings (SSSR count). The van der Waals surface area contributed by atoms with Crippen LogP contribution in [-0.2, 0) is 18.5 Å². The summed E-state index contributed by atoms with van der Waals surface area (Å²) in [6.45, 7) is 4.00. The molecule has 0 radical (unpaired) electrons. The van der Waals surface area contributed by atoms with Crippen LogP contribution in [-0.4, -0.2) is 27.7 Å². The van der Waals surface area contributed by atoms with Crippen LogP contribution in [0.3, 0.4) is 0 Å². The summed E-state index contributed by atoms with van der Waals surface area (Å²) in [7, 11) is 0. The molecule has 1 atom stereocenters. The fraction of sp³-hybridized carbons (Fsp3) is 0.448. The molecular weight excluding hydrogens is 439 g/mol. The zero-order valence-corrected chi connectivity index (χ0v) is 20.6. The van der Waals surface area contributed by atoms with Gasteiger partial charge in [-0.25, -0.2) is 9.37 Å². The molecule has 6 heteroatoms. The Morgan fingerprint density at radius 2 is 1.69 bits per heavy atom. The van der Waals surface area contributed by atoms with Crippen LogP contribution in [0, 0.1) is 5.92 Å². The number of nitrogens with one attached hydrogen (secondary N) is 2. The molecule has 1 heterocycles. The first-order valence-electron chi connectivity index (χ1n) is 12.8. The van der Waals surface area contributed by atoms with E-state index in [1.807, 2.05) is 36.4 Å². The summed E-state index contributed by atoms with van der Waals surface area (Å²) in [6.07, 6.45) is 7.53. The first-order valence-corrected chi connectivity index (χ1v) is 12.8. The van der Waals surface area contributed by atoms with Crippen LogP contribution in [0.2, 0.25) is 0 Å². The van der Waals surface area contributed by atoms with Gasteiger partial charge in [0.15, 0.2) is 0 Å². The molecule has 1 aromatic heterocycles. The molecule has 35 heavy (non-hydrogen) atoms. The quantitative estimate of drug-likeness (QED) is 0.363. The summed E-state index contributed by atoms with van der Waals surface area (Å²) in [5.41, 5.74) is 4.29. The fourth-order valence-electron chi connectivity index (χ4n) is 5.22. The van der Waals surface area contributed by atoms with Gasteiger partial charge in [0.05, 0.1) is 11.8 Å². The second kappa shape index (κ2) is 9.94. The maximum Gasteiger partial charge on any atom is 0.225 e. The van der Waals surface area contributed by atoms with E-state index in [0.29, 0.717) is 36.1 Å². The Labute approximate surface area is 207 Å². The zero-order chi connectivity index (χ0) is 24.4. The van der Waals surface area contributed by atoms with Crippen molar-refractivity contribution in [1.29, 1.82) is 0 Å². The highest BCUT2D eigenvalue weighted by Crippen LogP contribution is 2.31. The Kier molecular flexibility index (Phi) is 6.74. The van der Waals surface area contributed by atoms with Crippen molar-refractivity contribution in [3.63, 3.8) is 0 Å². The van der Waals surface area contributed by atoms with Crippen molar-refractivity contribution in [2.75, 3.05) is 17.2 Å². The summed E-state index contributed by atoms with van der Waals surface area (Å²) in [4.78, 5) is 9.56. The van der Waals surface area contributed by atoms with Gasteiger partial charge in [-0.1, -0.05) is 49.6 Å². The van der Waals surface area contributed by atoms with Crippen LogP contribution < -0.4 is 10.6 Å². The molecule has 3 N–H and O–H groups in total. The third-order valence-electron chi connectivity index (χ3n) is 7.26. The molecule has 0 saturated heterocycles. The van der Waals surface area contributed by atoms with Gasteiger partial charge >= 0.3 is 0 Å². The molecule has 3 aromatic rings. The van der Waals surface area contributed by atoms with E-state index in [1.165, 1.54) is 43.2 Å². The third kappa shape index (κ3) is 5.81. The van der Waals surface area contributed by atoms with Crippen molar-refractivity contribution in [3.05, 3.63) is 65.2 Å². The number of benzene rings is 2. The van der Waals surface area contributed by atoms with Gasteiger partial charge in [-0.15, -0.1) is 0 Å². The lowest BCUT2D eigenvalue weighted by molar-refractivity contribution is 0.187. The molecular formula is C29H35FN4O. The van der Waals surface area contributed by atoms with Gasteiger partial charge in [-0.05, 0) is 74.3 Å². The summed E-state index contributed by atoms with van der Waals surface area (Å²) in [6, 6.07) is 15.6. The number of hydrogen-bond acceptors (Lipinski definition) is 5. The number of rotatable bonds is 7. The van der Waals surface area contributed by atoms with E-state index in [-0.39, 0.29) is 6.10 Å². The van der Waals surface area contributed by atoms with Crippen LogP contribution in [0.25, 0.3) is 11.3 Å². The first-order chi connectivity index (χ1) is 16.8. The summed E-state index contributed by atoms with van der Waals surface area (Å²) < 4.78 is 14.4. The van der Waals surface area contributed by atoms with Crippen LogP contribution >= 0.6 is 0 Å². The maximum atomic E-state index is 14.4. The summed E-state index contributed by atoms with van der Waals surface area (Å²) in [5, 5.41) is 16.9. The largest absolute Gasteiger partial charge is 0.392 e. The summed E-state index contributed by atoms with van der Waals surface area (Å²) >= 11 is 0. The maximum absolute atomic E-state index is 14.4. The monoisotopic (exact) mass is 474 g/mol. The van der Waals surface area contributed by atoms with Gasteiger partial charge in [0, 0.05) is 23.9 Å². The Morgan fingerprint density at radius 3 is 2.43 bits per heavy atom. The molecule has 1 unspecified atom stereocenters. The second-order valence-corrected chi connectivity index (χ2v) is 10.6. The summed E-state index contributed by atoms with van der Waals surface area (Å²) in [5.74, 6) is 1.96. The Bertz CT molecular complexity index is 1170. The lowest BCUT2D eigenvalue weighted by atomic mass is 9.89. The van der Waals surface area contributed by atoms with Gasteiger partial charge in [0.1, 0.15) is 11.5 Å². The standard InChI is InChI=1S/C29H35FN4O/c1-29(2,30)23-11-8-20(9-12-23)26-17-27(32-24-13-10-21-15-25(35)16-22(21)14-24)34-28(33-26)31-18-19-6-4-3-5-7-19/h8-14,17,19,25,35H,3-7,15-16,18H2,1-2H3,(H2,31,32,33,34). The molecule has 1 saturated carbocycles. The number of halogens is 1. The van der Waals surface area contributed by atoms with Gasteiger partial charge in [0.2, 0.25) is 5.95 Å². The molecule has 0 spiro atoms. The van der Waals surface area contributed by atoms with Gasteiger partial charge < -0.3 is 15.7 Å². The van der Waals surface area contributed by atoms with Crippen molar-refractivity contribution < 1.29 is 9.50 Å². The van der Waals surface area contributed by atoms with E-state index in [9.17, 15) is 9.50 Å².